The number of hydrogen-bond donors (Lipinski definition) is 1. The molecule has 1 unspecified atom stereocenters. The van der Waals surface area contributed by atoms with Gasteiger partial charge in [0.05, 0.1) is 6.04 Å². The van der Waals surface area contributed by atoms with Gasteiger partial charge in [0.15, 0.2) is 0 Å². The van der Waals surface area contributed by atoms with Gasteiger partial charge in [-0.2, -0.15) is 0 Å². The Labute approximate surface area is 141 Å². The molecule has 0 spiro atoms. The summed E-state index contributed by atoms with van der Waals surface area (Å²) in [5.41, 5.74) is 0.477. The molecule has 5 heteroatoms. The molecule has 2 aromatic heterocycles. The van der Waals surface area contributed by atoms with E-state index in [9.17, 15) is 4.79 Å². The van der Waals surface area contributed by atoms with Crippen LogP contribution in [0.4, 0.5) is 0 Å². The molecule has 23 heavy (non-hydrogen) atoms. The van der Waals surface area contributed by atoms with E-state index in [-0.39, 0.29) is 11.9 Å². The van der Waals surface area contributed by atoms with Crippen LogP contribution in [-0.2, 0) is 0 Å². The maximum atomic E-state index is 12.3. The molecule has 0 saturated carbocycles. The molecule has 0 aromatic carbocycles. The molecule has 0 aliphatic carbocycles. The number of nitrogens with one attached hydrogen (secondary N) is 1. The minimum atomic E-state index is -0.0995. The summed E-state index contributed by atoms with van der Waals surface area (Å²) in [6, 6.07) is 9.92. The Morgan fingerprint density at radius 2 is 2.17 bits per heavy atom. The molecule has 4 nitrogen and oxygen atoms in total. The normalized spacial score (nSPS) is 17.8. The van der Waals surface area contributed by atoms with Gasteiger partial charge < -0.3 is 5.32 Å². The van der Waals surface area contributed by atoms with Gasteiger partial charge in [-0.25, -0.2) is 0 Å². The third-order valence-electron chi connectivity index (χ3n) is 4.48. The van der Waals surface area contributed by atoms with Gasteiger partial charge in [0, 0.05) is 17.6 Å². The predicted molar refractivity (Wildman–Crippen MR) is 93.6 cm³/mol. The number of piperidine rings is 1. The monoisotopic (exact) mass is 329 g/mol. The van der Waals surface area contributed by atoms with Gasteiger partial charge in [0.2, 0.25) is 0 Å². The zero-order valence-electron chi connectivity index (χ0n) is 13.4. The molecule has 1 fully saturated rings. The summed E-state index contributed by atoms with van der Waals surface area (Å²) in [5.74, 6) is 0.705. The number of thiophene rings is 1. The smallest absolute Gasteiger partial charge is 0.269 e. The maximum Gasteiger partial charge on any atom is 0.269 e. The van der Waals surface area contributed by atoms with E-state index in [1.807, 2.05) is 12.1 Å². The number of carbonyl (C=O) groups is 1. The Morgan fingerprint density at radius 1 is 1.35 bits per heavy atom. The fourth-order valence-electron chi connectivity index (χ4n) is 3.01. The van der Waals surface area contributed by atoms with Crippen molar-refractivity contribution in [3.63, 3.8) is 0 Å². The molecular formula is C18H23N3OS. The van der Waals surface area contributed by atoms with Crippen LogP contribution in [0.5, 0.6) is 0 Å². The summed E-state index contributed by atoms with van der Waals surface area (Å²) in [5, 5.41) is 5.17. The largest absolute Gasteiger partial charge is 0.349 e. The quantitative estimate of drug-likeness (QED) is 0.915. The highest BCUT2D eigenvalue weighted by atomic mass is 32.1. The summed E-state index contributed by atoms with van der Waals surface area (Å²) >= 11 is 1.76. The van der Waals surface area contributed by atoms with Crippen LogP contribution in [0.1, 0.15) is 41.2 Å². The summed E-state index contributed by atoms with van der Waals surface area (Å²) < 4.78 is 0. The van der Waals surface area contributed by atoms with Gasteiger partial charge in [-0.15, -0.1) is 11.3 Å². The van der Waals surface area contributed by atoms with Crippen molar-refractivity contribution in [2.24, 2.45) is 5.92 Å². The second-order valence-corrected chi connectivity index (χ2v) is 7.15. The molecule has 1 N–H and O–H groups in total. The van der Waals surface area contributed by atoms with Crippen molar-refractivity contribution >= 4 is 17.2 Å². The lowest BCUT2D eigenvalue weighted by Gasteiger charge is -2.36. The number of rotatable bonds is 5. The molecule has 1 aliphatic heterocycles. The number of hydrogen-bond acceptors (Lipinski definition) is 4. The Hall–Kier alpha value is -1.72. The van der Waals surface area contributed by atoms with Crippen LogP contribution in [0.3, 0.4) is 0 Å². The number of nitrogens with zero attached hydrogens (tertiary/aromatic N) is 2. The van der Waals surface area contributed by atoms with E-state index in [0.29, 0.717) is 12.2 Å². The van der Waals surface area contributed by atoms with Crippen molar-refractivity contribution in [1.29, 1.82) is 0 Å². The molecule has 1 aliphatic rings. The van der Waals surface area contributed by atoms with Gasteiger partial charge >= 0.3 is 0 Å². The standard InChI is InChI=1S/C18H23N3OS/c1-14-7-10-21(11-8-14)16(17-6-4-12-23-17)13-20-18(22)15-5-2-3-9-19-15/h2-6,9,12,14,16H,7-8,10-11,13H2,1H3,(H,20,22). The first-order valence-corrected chi connectivity index (χ1v) is 9.08. The lowest BCUT2D eigenvalue weighted by atomic mass is 9.97. The van der Waals surface area contributed by atoms with Crippen molar-refractivity contribution in [2.45, 2.75) is 25.8 Å². The van der Waals surface area contributed by atoms with Crippen LogP contribution < -0.4 is 5.32 Å². The summed E-state index contributed by atoms with van der Waals surface area (Å²) in [6.45, 7) is 5.15. The topological polar surface area (TPSA) is 45.2 Å². The van der Waals surface area contributed by atoms with E-state index < -0.39 is 0 Å². The molecule has 1 saturated heterocycles. The number of likely N-dealkylation sites (tertiary alicyclic amines) is 1. The molecule has 122 valence electrons. The average molecular weight is 329 g/mol. The lowest BCUT2D eigenvalue weighted by Crippen LogP contribution is -2.41. The molecule has 3 heterocycles. The first-order valence-electron chi connectivity index (χ1n) is 8.20. The van der Waals surface area contributed by atoms with E-state index in [1.54, 1.807) is 23.6 Å². The van der Waals surface area contributed by atoms with Gasteiger partial charge in [0.1, 0.15) is 5.69 Å². The summed E-state index contributed by atoms with van der Waals surface area (Å²) in [7, 11) is 0. The van der Waals surface area contributed by atoms with Crippen molar-refractivity contribution < 1.29 is 4.79 Å². The van der Waals surface area contributed by atoms with Crippen LogP contribution in [0, 0.1) is 5.92 Å². The van der Waals surface area contributed by atoms with Crippen LogP contribution in [0.25, 0.3) is 0 Å². The highest BCUT2D eigenvalue weighted by molar-refractivity contribution is 7.10. The Bertz CT molecular complexity index is 606. The molecular weight excluding hydrogens is 306 g/mol. The first kappa shape index (κ1) is 16.1. The highest BCUT2D eigenvalue weighted by Crippen LogP contribution is 2.29. The summed E-state index contributed by atoms with van der Waals surface area (Å²) in [6.07, 6.45) is 4.11. The van der Waals surface area contributed by atoms with E-state index in [1.165, 1.54) is 17.7 Å². The second-order valence-electron chi connectivity index (χ2n) is 6.17. The Morgan fingerprint density at radius 3 is 2.83 bits per heavy atom. The Balaban J connectivity index is 1.66. The van der Waals surface area contributed by atoms with Crippen molar-refractivity contribution in [3.8, 4) is 0 Å². The molecule has 2 aromatic rings. The van der Waals surface area contributed by atoms with E-state index >= 15 is 0 Å². The number of carbonyl (C=O) groups excluding carboxylic acids is 1. The van der Waals surface area contributed by atoms with Gasteiger partial charge in [-0.05, 0) is 55.4 Å². The van der Waals surface area contributed by atoms with E-state index in [2.05, 4.69) is 39.6 Å². The minimum Gasteiger partial charge on any atom is -0.349 e. The lowest BCUT2D eigenvalue weighted by molar-refractivity contribution is 0.0910. The van der Waals surface area contributed by atoms with Crippen LogP contribution in [0.15, 0.2) is 41.9 Å². The molecule has 1 amide bonds. The fraction of sp³-hybridized carbons (Fsp3) is 0.444. The number of pyridine rings is 1. The van der Waals surface area contributed by atoms with Gasteiger partial charge in [0.25, 0.3) is 5.91 Å². The van der Waals surface area contributed by atoms with Crippen LogP contribution in [-0.4, -0.2) is 35.4 Å². The molecule has 0 radical (unpaired) electrons. The first-order chi connectivity index (χ1) is 11.2. The van der Waals surface area contributed by atoms with Gasteiger partial charge in [-0.3, -0.25) is 14.7 Å². The third kappa shape index (κ3) is 4.18. The predicted octanol–water partition coefficient (Wildman–Crippen LogP) is 3.35. The average Bonchev–Trinajstić information content (AvgIpc) is 3.11. The SMILES string of the molecule is CC1CCN(C(CNC(=O)c2ccccn2)c2cccs2)CC1. The van der Waals surface area contributed by atoms with Crippen molar-refractivity contribution in [1.82, 2.24) is 15.2 Å². The van der Waals surface area contributed by atoms with Crippen molar-refractivity contribution in [2.75, 3.05) is 19.6 Å². The molecule has 3 rings (SSSR count). The molecule has 0 bridgehead atoms. The van der Waals surface area contributed by atoms with Gasteiger partial charge in [-0.1, -0.05) is 19.1 Å². The van der Waals surface area contributed by atoms with Crippen LogP contribution >= 0.6 is 11.3 Å². The number of aromatic nitrogens is 1. The maximum absolute atomic E-state index is 12.3. The zero-order chi connectivity index (χ0) is 16.1. The highest BCUT2D eigenvalue weighted by Gasteiger charge is 2.25. The zero-order valence-corrected chi connectivity index (χ0v) is 14.3. The van der Waals surface area contributed by atoms with E-state index in [4.69, 9.17) is 0 Å². The summed E-state index contributed by atoms with van der Waals surface area (Å²) in [4.78, 5) is 20.2. The van der Waals surface area contributed by atoms with Crippen molar-refractivity contribution in [3.05, 3.63) is 52.5 Å². The van der Waals surface area contributed by atoms with Crippen LogP contribution in [0.2, 0.25) is 0 Å². The number of amides is 1. The fourth-order valence-corrected chi connectivity index (χ4v) is 3.87. The second kappa shape index (κ2) is 7.70. The third-order valence-corrected chi connectivity index (χ3v) is 5.46. The molecule has 1 atom stereocenters. The minimum absolute atomic E-state index is 0.0995. The Kier molecular flexibility index (Phi) is 5.41. The van der Waals surface area contributed by atoms with E-state index in [0.717, 1.165) is 19.0 Å².